The van der Waals surface area contributed by atoms with Gasteiger partial charge in [-0.05, 0) is 30.2 Å². The maximum atomic E-state index is 13.0. The van der Waals surface area contributed by atoms with Gasteiger partial charge < -0.3 is 15.6 Å². The highest BCUT2D eigenvalue weighted by molar-refractivity contribution is 7.98. The fourth-order valence-corrected chi connectivity index (χ4v) is 4.31. The number of carbonyl (C=O) groups is 2. The smallest absolute Gasteiger partial charge is 0.257 e. The van der Waals surface area contributed by atoms with Gasteiger partial charge in [-0.1, -0.05) is 59.8 Å². The van der Waals surface area contributed by atoms with E-state index in [1.165, 1.54) is 11.8 Å². The molecular weight excluding hydrogens is 436 g/mol. The van der Waals surface area contributed by atoms with E-state index in [1.54, 1.807) is 18.2 Å². The van der Waals surface area contributed by atoms with Gasteiger partial charge in [-0.15, -0.1) is 0 Å². The number of thioether (sulfide) groups is 1. The van der Waals surface area contributed by atoms with Crippen LogP contribution in [0.25, 0.3) is 0 Å². The summed E-state index contributed by atoms with van der Waals surface area (Å²) in [7, 11) is 0. The molecule has 0 bridgehead atoms. The normalized spacial score (nSPS) is 15.2. The number of aromatic nitrogens is 2. The topological polar surface area (TPSA) is 104 Å². The van der Waals surface area contributed by atoms with Gasteiger partial charge in [0.05, 0.1) is 11.5 Å². The Hall–Kier alpha value is -3.10. The first-order valence-electron chi connectivity index (χ1n) is 9.58. The third kappa shape index (κ3) is 4.81. The number of aryl methyl sites for hydroxylation is 1. The largest absolute Gasteiger partial charge is 0.325 e. The fraction of sp³-hybridized carbons (Fsp3) is 0.182. The van der Waals surface area contributed by atoms with Gasteiger partial charge in [0.1, 0.15) is 5.82 Å². The van der Waals surface area contributed by atoms with Crippen molar-refractivity contribution in [3.05, 3.63) is 80.6 Å². The van der Waals surface area contributed by atoms with Crippen LogP contribution in [-0.4, -0.2) is 21.8 Å². The Bertz CT molecular complexity index is 1210. The lowest BCUT2D eigenvalue weighted by Gasteiger charge is -2.24. The Morgan fingerprint density at radius 3 is 2.77 bits per heavy atom. The first kappa shape index (κ1) is 21.1. The molecule has 7 nitrogen and oxygen atoms in total. The van der Waals surface area contributed by atoms with Crippen molar-refractivity contribution < 1.29 is 9.59 Å². The van der Waals surface area contributed by atoms with E-state index < -0.39 is 17.4 Å². The predicted molar refractivity (Wildman–Crippen MR) is 122 cm³/mol. The van der Waals surface area contributed by atoms with Gasteiger partial charge in [-0.3, -0.25) is 14.4 Å². The predicted octanol–water partition coefficient (Wildman–Crippen LogP) is 4.09. The van der Waals surface area contributed by atoms with Crippen LogP contribution in [-0.2, 0) is 15.3 Å². The summed E-state index contributed by atoms with van der Waals surface area (Å²) in [5.74, 6) is -1.05. The number of fused-ring (bicyclic) bond motifs is 1. The molecule has 158 valence electrons. The van der Waals surface area contributed by atoms with Crippen LogP contribution in [0, 0.1) is 6.92 Å². The van der Waals surface area contributed by atoms with E-state index in [4.69, 9.17) is 11.6 Å². The van der Waals surface area contributed by atoms with Gasteiger partial charge in [0.15, 0.2) is 5.16 Å². The molecule has 0 aliphatic carbocycles. The zero-order valence-corrected chi connectivity index (χ0v) is 18.1. The third-order valence-corrected chi connectivity index (χ3v) is 6.10. The molecule has 2 amide bonds. The van der Waals surface area contributed by atoms with Gasteiger partial charge in [-0.2, -0.15) is 0 Å². The first-order chi connectivity index (χ1) is 14.9. The minimum absolute atomic E-state index is 0.124. The molecule has 2 aromatic carbocycles. The summed E-state index contributed by atoms with van der Waals surface area (Å²) >= 11 is 7.37. The molecular formula is C22H19ClN4O3S. The monoisotopic (exact) mass is 454 g/mol. The average molecular weight is 455 g/mol. The summed E-state index contributed by atoms with van der Waals surface area (Å²) < 4.78 is 0. The summed E-state index contributed by atoms with van der Waals surface area (Å²) in [4.78, 5) is 45.2. The highest BCUT2D eigenvalue weighted by Gasteiger charge is 2.35. The molecule has 1 aliphatic heterocycles. The first-order valence-corrected chi connectivity index (χ1v) is 10.9. The van der Waals surface area contributed by atoms with Crippen molar-refractivity contribution >= 4 is 46.7 Å². The molecule has 0 saturated heterocycles. The van der Waals surface area contributed by atoms with E-state index in [1.807, 2.05) is 37.3 Å². The summed E-state index contributed by atoms with van der Waals surface area (Å²) in [5.41, 5.74) is 2.14. The standard InChI is InChI=1S/C22H19ClN4O3S/c1-12-7-8-14(23)9-16(12)24-20(29)15-10-17(28)25-19-18(15)21(30)27-22(26-19)31-11-13-5-3-2-4-6-13/h2-9,15H,10-11H2,1H3,(H,24,29)(H2,25,26,27,28,30)/t15-/m0/s1. The number of amides is 2. The van der Waals surface area contributed by atoms with E-state index >= 15 is 0 Å². The number of carbonyl (C=O) groups excluding carboxylic acids is 2. The Morgan fingerprint density at radius 2 is 2.00 bits per heavy atom. The van der Waals surface area contributed by atoms with E-state index in [2.05, 4.69) is 20.6 Å². The van der Waals surface area contributed by atoms with Gasteiger partial charge in [0.2, 0.25) is 11.8 Å². The van der Waals surface area contributed by atoms with Crippen molar-refractivity contribution in [2.45, 2.75) is 30.2 Å². The number of rotatable bonds is 5. The lowest BCUT2D eigenvalue weighted by Crippen LogP contribution is -2.36. The van der Waals surface area contributed by atoms with E-state index in [0.29, 0.717) is 21.6 Å². The number of aromatic amines is 1. The van der Waals surface area contributed by atoms with Gasteiger partial charge in [0, 0.05) is 22.9 Å². The lowest BCUT2D eigenvalue weighted by atomic mass is 9.92. The Labute approximate surface area is 187 Å². The molecule has 3 aromatic rings. The molecule has 0 saturated carbocycles. The molecule has 4 rings (SSSR count). The van der Waals surface area contributed by atoms with Crippen molar-refractivity contribution in [3.63, 3.8) is 0 Å². The SMILES string of the molecule is Cc1ccc(Cl)cc1NC(=O)[C@H]1CC(=O)Nc2nc(SCc3ccccc3)[nH]c(=O)c21. The van der Waals surface area contributed by atoms with Crippen LogP contribution in [0.1, 0.15) is 29.0 Å². The van der Waals surface area contributed by atoms with E-state index in [9.17, 15) is 14.4 Å². The number of benzene rings is 2. The average Bonchev–Trinajstić information content (AvgIpc) is 2.74. The number of halogens is 1. The minimum atomic E-state index is -0.952. The van der Waals surface area contributed by atoms with Crippen LogP contribution in [0.5, 0.6) is 0 Å². The number of hydrogen-bond acceptors (Lipinski definition) is 5. The molecule has 0 radical (unpaired) electrons. The number of anilines is 2. The molecule has 9 heteroatoms. The van der Waals surface area contributed by atoms with Crippen LogP contribution in [0.15, 0.2) is 58.5 Å². The van der Waals surface area contributed by atoms with Crippen LogP contribution >= 0.6 is 23.4 Å². The zero-order chi connectivity index (χ0) is 22.0. The second-order valence-corrected chi connectivity index (χ2v) is 8.56. The van der Waals surface area contributed by atoms with E-state index in [-0.39, 0.29) is 23.7 Å². The minimum Gasteiger partial charge on any atom is -0.325 e. The molecule has 0 unspecified atom stereocenters. The molecule has 2 heterocycles. The molecule has 1 aliphatic rings. The van der Waals surface area contributed by atoms with Gasteiger partial charge in [0.25, 0.3) is 5.56 Å². The third-order valence-electron chi connectivity index (χ3n) is 4.92. The van der Waals surface area contributed by atoms with Crippen LogP contribution in [0.3, 0.4) is 0 Å². The van der Waals surface area contributed by atoms with Crippen molar-refractivity contribution in [2.24, 2.45) is 0 Å². The van der Waals surface area contributed by atoms with Crippen LogP contribution in [0.2, 0.25) is 5.02 Å². The maximum Gasteiger partial charge on any atom is 0.257 e. The Kier molecular flexibility index (Phi) is 6.11. The summed E-state index contributed by atoms with van der Waals surface area (Å²) in [5, 5.41) is 6.25. The van der Waals surface area contributed by atoms with Crippen molar-refractivity contribution in [1.29, 1.82) is 0 Å². The van der Waals surface area contributed by atoms with Crippen LogP contribution in [0.4, 0.5) is 11.5 Å². The number of nitrogens with one attached hydrogen (secondary N) is 3. The number of hydrogen-bond donors (Lipinski definition) is 3. The summed E-state index contributed by atoms with van der Waals surface area (Å²) in [6.07, 6.45) is -0.139. The molecule has 0 spiro atoms. The van der Waals surface area contributed by atoms with Gasteiger partial charge >= 0.3 is 0 Å². The molecule has 31 heavy (non-hydrogen) atoms. The highest BCUT2D eigenvalue weighted by Crippen LogP contribution is 2.31. The van der Waals surface area contributed by atoms with Crippen LogP contribution < -0.4 is 16.2 Å². The molecule has 3 N–H and O–H groups in total. The summed E-state index contributed by atoms with van der Waals surface area (Å²) in [6, 6.07) is 14.9. The van der Waals surface area contributed by atoms with Crippen molar-refractivity contribution in [2.75, 3.05) is 10.6 Å². The van der Waals surface area contributed by atoms with Crippen molar-refractivity contribution in [3.8, 4) is 0 Å². The second kappa shape index (κ2) is 8.95. The highest BCUT2D eigenvalue weighted by atomic mass is 35.5. The van der Waals surface area contributed by atoms with Gasteiger partial charge in [-0.25, -0.2) is 4.98 Å². The lowest BCUT2D eigenvalue weighted by molar-refractivity contribution is -0.123. The quantitative estimate of drug-likeness (QED) is 0.398. The zero-order valence-electron chi connectivity index (χ0n) is 16.6. The Balaban J connectivity index is 1.60. The number of nitrogens with zero attached hydrogens (tertiary/aromatic N) is 1. The van der Waals surface area contributed by atoms with E-state index in [0.717, 1.165) is 11.1 Å². The molecule has 1 aromatic heterocycles. The summed E-state index contributed by atoms with van der Waals surface area (Å²) in [6.45, 7) is 1.83. The molecule has 1 atom stereocenters. The maximum absolute atomic E-state index is 13.0. The Morgan fingerprint density at radius 1 is 1.23 bits per heavy atom. The second-order valence-electron chi connectivity index (χ2n) is 7.16. The van der Waals surface area contributed by atoms with Crippen molar-refractivity contribution in [1.82, 2.24) is 9.97 Å². The molecule has 0 fully saturated rings. The number of H-pyrrole nitrogens is 1. The fourth-order valence-electron chi connectivity index (χ4n) is 3.32.